The van der Waals surface area contributed by atoms with Crippen LogP contribution in [0.4, 0.5) is 11.6 Å². The van der Waals surface area contributed by atoms with Crippen LogP contribution in [0.25, 0.3) is 22.2 Å². The van der Waals surface area contributed by atoms with E-state index in [9.17, 15) is 0 Å². The van der Waals surface area contributed by atoms with Crippen LogP contribution in [0.2, 0.25) is 0 Å². The molecule has 0 atom stereocenters. The van der Waals surface area contributed by atoms with Crippen molar-refractivity contribution < 1.29 is 4.52 Å². The standard InChI is InChI=1S/C16H14N6O/c1-9-14(10(2)23-22-9)11-6-12-15(20-8-19-12)13(7-11)21-16-17-4-3-5-18-16/h3-8H,1-2H3,(H,19,20)(H,17,18,21). The number of anilines is 2. The molecule has 0 spiro atoms. The molecule has 0 saturated carbocycles. The molecule has 0 bridgehead atoms. The average molecular weight is 306 g/mol. The highest BCUT2D eigenvalue weighted by Crippen LogP contribution is 2.33. The number of hydrogen-bond acceptors (Lipinski definition) is 6. The summed E-state index contributed by atoms with van der Waals surface area (Å²) in [6.07, 6.45) is 5.04. The number of nitrogens with zero attached hydrogens (tertiary/aromatic N) is 4. The van der Waals surface area contributed by atoms with Gasteiger partial charge in [0.2, 0.25) is 5.95 Å². The normalized spacial score (nSPS) is 11.0. The van der Waals surface area contributed by atoms with E-state index in [0.29, 0.717) is 5.95 Å². The number of hydrogen-bond donors (Lipinski definition) is 2. The molecule has 0 amide bonds. The second-order valence-electron chi connectivity index (χ2n) is 5.22. The highest BCUT2D eigenvalue weighted by atomic mass is 16.5. The highest BCUT2D eigenvalue weighted by Gasteiger charge is 2.15. The molecule has 1 aromatic carbocycles. The maximum Gasteiger partial charge on any atom is 0.227 e. The van der Waals surface area contributed by atoms with Crippen molar-refractivity contribution in [3.05, 3.63) is 48.4 Å². The molecule has 3 aromatic heterocycles. The largest absolute Gasteiger partial charge is 0.361 e. The Bertz CT molecular complexity index is 953. The summed E-state index contributed by atoms with van der Waals surface area (Å²) < 4.78 is 5.28. The Balaban J connectivity index is 1.88. The van der Waals surface area contributed by atoms with Crippen molar-refractivity contribution in [2.45, 2.75) is 13.8 Å². The van der Waals surface area contributed by atoms with Crippen LogP contribution in [0.3, 0.4) is 0 Å². The molecule has 3 heterocycles. The summed E-state index contributed by atoms with van der Waals surface area (Å²) in [5.41, 5.74) is 5.40. The van der Waals surface area contributed by atoms with Crippen LogP contribution in [-0.2, 0) is 0 Å². The van der Waals surface area contributed by atoms with Gasteiger partial charge < -0.3 is 14.8 Å². The third-order valence-electron chi connectivity index (χ3n) is 3.66. The van der Waals surface area contributed by atoms with Crippen LogP contribution in [-0.4, -0.2) is 25.1 Å². The lowest BCUT2D eigenvalue weighted by molar-refractivity contribution is 0.393. The van der Waals surface area contributed by atoms with Crippen molar-refractivity contribution in [2.24, 2.45) is 0 Å². The lowest BCUT2D eigenvalue weighted by Gasteiger charge is -2.08. The summed E-state index contributed by atoms with van der Waals surface area (Å²) in [6, 6.07) is 5.81. The van der Waals surface area contributed by atoms with Crippen LogP contribution in [0.15, 0.2) is 41.4 Å². The lowest BCUT2D eigenvalue weighted by Crippen LogP contribution is -1.97. The molecular formula is C16H14N6O. The first-order valence-electron chi connectivity index (χ1n) is 7.17. The Labute approximate surface area is 131 Å². The van der Waals surface area contributed by atoms with E-state index in [1.165, 1.54) is 0 Å². The van der Waals surface area contributed by atoms with Gasteiger partial charge in [-0.15, -0.1) is 0 Å². The summed E-state index contributed by atoms with van der Waals surface area (Å²) in [4.78, 5) is 15.9. The minimum atomic E-state index is 0.521. The van der Waals surface area contributed by atoms with E-state index in [2.05, 4.69) is 30.4 Å². The number of aromatic amines is 1. The van der Waals surface area contributed by atoms with E-state index in [-0.39, 0.29) is 0 Å². The molecule has 0 unspecified atom stereocenters. The predicted octanol–water partition coefficient (Wildman–Crippen LogP) is 3.37. The number of aryl methyl sites for hydroxylation is 2. The van der Waals surface area contributed by atoms with E-state index >= 15 is 0 Å². The summed E-state index contributed by atoms with van der Waals surface area (Å²) >= 11 is 0. The molecular weight excluding hydrogens is 292 g/mol. The highest BCUT2D eigenvalue weighted by molar-refractivity contribution is 5.94. The Morgan fingerprint density at radius 1 is 1.09 bits per heavy atom. The Morgan fingerprint density at radius 2 is 1.91 bits per heavy atom. The summed E-state index contributed by atoms with van der Waals surface area (Å²) in [7, 11) is 0. The van der Waals surface area contributed by atoms with Gasteiger partial charge >= 0.3 is 0 Å². The molecule has 4 rings (SSSR count). The first-order valence-corrected chi connectivity index (χ1v) is 7.17. The van der Waals surface area contributed by atoms with E-state index < -0.39 is 0 Å². The van der Waals surface area contributed by atoms with Gasteiger partial charge in [-0.05, 0) is 37.6 Å². The zero-order valence-corrected chi connectivity index (χ0v) is 12.7. The number of fused-ring (bicyclic) bond motifs is 1. The average Bonchev–Trinajstić information content (AvgIpc) is 3.15. The number of nitrogens with one attached hydrogen (secondary N) is 2. The molecule has 7 heteroatoms. The van der Waals surface area contributed by atoms with Crippen LogP contribution in [0.5, 0.6) is 0 Å². The molecule has 2 N–H and O–H groups in total. The zero-order chi connectivity index (χ0) is 15.8. The van der Waals surface area contributed by atoms with Gasteiger partial charge in [-0.3, -0.25) is 0 Å². The first-order chi connectivity index (χ1) is 11.2. The van der Waals surface area contributed by atoms with E-state index in [1.807, 2.05) is 26.0 Å². The first kappa shape index (κ1) is 13.4. The van der Waals surface area contributed by atoms with Crippen LogP contribution >= 0.6 is 0 Å². The van der Waals surface area contributed by atoms with E-state index in [0.717, 1.165) is 39.3 Å². The van der Waals surface area contributed by atoms with Gasteiger partial charge in [-0.1, -0.05) is 5.16 Å². The van der Waals surface area contributed by atoms with Gasteiger partial charge in [0.25, 0.3) is 0 Å². The molecule has 4 aromatic rings. The summed E-state index contributed by atoms with van der Waals surface area (Å²) in [5, 5.41) is 7.25. The van der Waals surface area contributed by atoms with E-state index in [4.69, 9.17) is 4.52 Å². The maximum absolute atomic E-state index is 5.28. The molecule has 0 radical (unpaired) electrons. The molecule has 23 heavy (non-hydrogen) atoms. The van der Waals surface area contributed by atoms with Gasteiger partial charge in [-0.2, -0.15) is 0 Å². The fourth-order valence-electron chi connectivity index (χ4n) is 2.67. The van der Waals surface area contributed by atoms with Gasteiger partial charge in [0.1, 0.15) is 11.3 Å². The van der Waals surface area contributed by atoms with Gasteiger partial charge in [0.05, 0.1) is 23.2 Å². The predicted molar refractivity (Wildman–Crippen MR) is 86.4 cm³/mol. The third kappa shape index (κ3) is 2.32. The Kier molecular flexibility index (Phi) is 3.04. The van der Waals surface area contributed by atoms with Crippen LogP contribution in [0, 0.1) is 13.8 Å². The molecule has 0 aliphatic rings. The maximum atomic E-state index is 5.28. The third-order valence-corrected chi connectivity index (χ3v) is 3.66. The molecule has 0 fully saturated rings. The minimum Gasteiger partial charge on any atom is -0.361 e. The Hall–Kier alpha value is -3.22. The Morgan fingerprint density at radius 3 is 2.65 bits per heavy atom. The monoisotopic (exact) mass is 306 g/mol. The minimum absolute atomic E-state index is 0.521. The SMILES string of the molecule is Cc1noc(C)c1-c1cc(Nc2ncccn2)c2nc[nH]c2c1. The van der Waals surface area contributed by atoms with Gasteiger partial charge in [-0.25, -0.2) is 15.0 Å². The molecule has 7 nitrogen and oxygen atoms in total. The van der Waals surface area contributed by atoms with Crippen LogP contribution < -0.4 is 5.32 Å². The van der Waals surface area contributed by atoms with Gasteiger partial charge in [0, 0.05) is 18.0 Å². The van der Waals surface area contributed by atoms with Crippen molar-refractivity contribution in [1.29, 1.82) is 0 Å². The number of H-pyrrole nitrogens is 1. The molecule has 0 aliphatic carbocycles. The second-order valence-corrected chi connectivity index (χ2v) is 5.22. The topological polar surface area (TPSA) is 92.5 Å². The summed E-state index contributed by atoms with van der Waals surface area (Å²) in [5.74, 6) is 1.30. The number of imidazole rings is 1. The van der Waals surface area contributed by atoms with Gasteiger partial charge in [0.15, 0.2) is 0 Å². The van der Waals surface area contributed by atoms with Crippen molar-refractivity contribution >= 4 is 22.7 Å². The van der Waals surface area contributed by atoms with Crippen LogP contribution in [0.1, 0.15) is 11.5 Å². The number of rotatable bonds is 3. The van der Waals surface area contributed by atoms with Crippen molar-refractivity contribution in [1.82, 2.24) is 25.1 Å². The lowest BCUT2D eigenvalue weighted by atomic mass is 10.0. The van der Waals surface area contributed by atoms with E-state index in [1.54, 1.807) is 24.8 Å². The molecule has 114 valence electrons. The molecule has 0 aliphatic heterocycles. The smallest absolute Gasteiger partial charge is 0.227 e. The molecule has 0 saturated heterocycles. The second kappa shape index (κ2) is 5.20. The van der Waals surface area contributed by atoms with Crippen molar-refractivity contribution in [3.63, 3.8) is 0 Å². The van der Waals surface area contributed by atoms with Crippen molar-refractivity contribution in [2.75, 3.05) is 5.32 Å². The quantitative estimate of drug-likeness (QED) is 0.603. The fourth-order valence-corrected chi connectivity index (χ4v) is 2.67. The summed E-state index contributed by atoms with van der Waals surface area (Å²) in [6.45, 7) is 3.83. The number of benzene rings is 1. The fraction of sp³-hybridized carbons (Fsp3) is 0.125. The zero-order valence-electron chi connectivity index (χ0n) is 12.7. The number of aromatic nitrogens is 5. The van der Waals surface area contributed by atoms with Crippen molar-refractivity contribution in [3.8, 4) is 11.1 Å².